The summed E-state index contributed by atoms with van der Waals surface area (Å²) in [6, 6.07) is 8.41. The molecule has 0 radical (unpaired) electrons. The van der Waals surface area contributed by atoms with Crippen LogP contribution < -0.4 is 0 Å². The molecule has 1 aliphatic heterocycles. The van der Waals surface area contributed by atoms with Crippen LogP contribution in [0.1, 0.15) is 30.1 Å². The van der Waals surface area contributed by atoms with Gasteiger partial charge in [-0.1, -0.05) is 24.3 Å². The number of rotatable bonds is 6. The van der Waals surface area contributed by atoms with Crippen molar-refractivity contribution in [1.82, 2.24) is 4.90 Å². The molecule has 4 nitrogen and oxygen atoms in total. The maximum atomic E-state index is 10.5. The normalized spacial score (nSPS) is 18.3. The summed E-state index contributed by atoms with van der Waals surface area (Å²) in [4.78, 5) is 12.6. The Bertz CT molecular complexity index is 433. The molecular formula is C15H21NO3. The maximum Gasteiger partial charge on any atom is 0.303 e. The van der Waals surface area contributed by atoms with Crippen molar-refractivity contribution < 1.29 is 14.6 Å². The fourth-order valence-electron chi connectivity index (χ4n) is 2.50. The SMILES string of the molecule is CN(CCCC(=O)O)CC1OCCc2ccccc21. The van der Waals surface area contributed by atoms with Crippen LogP contribution in [0.5, 0.6) is 0 Å². The molecule has 0 amide bonds. The van der Waals surface area contributed by atoms with Crippen molar-refractivity contribution in [3.05, 3.63) is 35.4 Å². The van der Waals surface area contributed by atoms with Crippen LogP contribution in [0, 0.1) is 0 Å². The predicted octanol–water partition coefficient (Wildman–Crippen LogP) is 2.10. The molecule has 0 aromatic heterocycles. The molecule has 19 heavy (non-hydrogen) atoms. The molecule has 1 atom stereocenters. The van der Waals surface area contributed by atoms with E-state index in [9.17, 15) is 4.79 Å². The van der Waals surface area contributed by atoms with E-state index in [1.54, 1.807) is 0 Å². The van der Waals surface area contributed by atoms with Gasteiger partial charge in [-0.25, -0.2) is 0 Å². The summed E-state index contributed by atoms with van der Waals surface area (Å²) < 4.78 is 5.84. The van der Waals surface area contributed by atoms with Crippen LogP contribution in [0.25, 0.3) is 0 Å². The van der Waals surface area contributed by atoms with Crippen molar-refractivity contribution in [2.45, 2.75) is 25.4 Å². The standard InChI is InChI=1S/C15H21NO3/c1-16(9-4-7-15(17)18)11-14-13-6-3-2-5-12(13)8-10-19-14/h2-3,5-6,14H,4,7-11H2,1H3,(H,17,18). The highest BCUT2D eigenvalue weighted by molar-refractivity contribution is 5.66. The zero-order valence-corrected chi connectivity index (χ0v) is 11.3. The van der Waals surface area contributed by atoms with Gasteiger partial charge in [0.25, 0.3) is 0 Å². The number of fused-ring (bicyclic) bond motifs is 1. The third kappa shape index (κ3) is 4.04. The van der Waals surface area contributed by atoms with Gasteiger partial charge < -0.3 is 14.7 Å². The highest BCUT2D eigenvalue weighted by Gasteiger charge is 2.21. The van der Waals surface area contributed by atoms with Gasteiger partial charge in [-0.15, -0.1) is 0 Å². The van der Waals surface area contributed by atoms with E-state index in [1.165, 1.54) is 11.1 Å². The van der Waals surface area contributed by atoms with Crippen molar-refractivity contribution in [3.8, 4) is 0 Å². The number of nitrogens with zero attached hydrogens (tertiary/aromatic N) is 1. The summed E-state index contributed by atoms with van der Waals surface area (Å²) in [7, 11) is 2.02. The molecule has 1 unspecified atom stereocenters. The van der Waals surface area contributed by atoms with Crippen LogP contribution in [0.2, 0.25) is 0 Å². The second kappa shape index (κ2) is 6.68. The second-order valence-corrected chi connectivity index (χ2v) is 5.07. The van der Waals surface area contributed by atoms with E-state index in [2.05, 4.69) is 23.1 Å². The Kier molecular flexibility index (Phi) is 4.93. The van der Waals surface area contributed by atoms with Gasteiger partial charge in [0.2, 0.25) is 0 Å². The average Bonchev–Trinajstić information content (AvgIpc) is 2.39. The molecule has 0 spiro atoms. The number of hydrogen-bond acceptors (Lipinski definition) is 3. The fourth-order valence-corrected chi connectivity index (χ4v) is 2.50. The van der Waals surface area contributed by atoms with Crippen LogP contribution in [-0.4, -0.2) is 42.7 Å². The molecule has 2 rings (SSSR count). The van der Waals surface area contributed by atoms with E-state index < -0.39 is 5.97 Å². The minimum Gasteiger partial charge on any atom is -0.481 e. The molecule has 1 heterocycles. The molecule has 0 saturated carbocycles. The molecule has 104 valence electrons. The van der Waals surface area contributed by atoms with Gasteiger partial charge in [-0.2, -0.15) is 0 Å². The van der Waals surface area contributed by atoms with Gasteiger partial charge >= 0.3 is 5.97 Å². The summed E-state index contributed by atoms with van der Waals surface area (Å²) in [6.45, 7) is 2.37. The first-order valence-electron chi connectivity index (χ1n) is 6.76. The highest BCUT2D eigenvalue weighted by Crippen LogP contribution is 2.27. The molecule has 0 fully saturated rings. The number of ether oxygens (including phenoxy) is 1. The molecule has 1 aliphatic rings. The summed E-state index contributed by atoms with van der Waals surface area (Å²) in [5.74, 6) is -0.729. The summed E-state index contributed by atoms with van der Waals surface area (Å²) in [6.07, 6.45) is 2.00. The average molecular weight is 263 g/mol. The molecule has 4 heteroatoms. The van der Waals surface area contributed by atoms with Crippen LogP contribution in [0.15, 0.2) is 24.3 Å². The molecule has 0 saturated heterocycles. The molecule has 1 aromatic carbocycles. The summed E-state index contributed by atoms with van der Waals surface area (Å²) >= 11 is 0. The van der Waals surface area contributed by atoms with E-state index >= 15 is 0 Å². The highest BCUT2D eigenvalue weighted by atomic mass is 16.5. The summed E-state index contributed by atoms with van der Waals surface area (Å²) in [5, 5.41) is 8.63. The quantitative estimate of drug-likeness (QED) is 0.854. The van der Waals surface area contributed by atoms with Crippen molar-refractivity contribution in [3.63, 3.8) is 0 Å². The summed E-state index contributed by atoms with van der Waals surface area (Å²) in [5.41, 5.74) is 2.65. The lowest BCUT2D eigenvalue weighted by molar-refractivity contribution is -0.137. The Balaban J connectivity index is 1.88. The van der Waals surface area contributed by atoms with Gasteiger partial charge in [0.15, 0.2) is 0 Å². The molecule has 0 aliphatic carbocycles. The molecule has 0 bridgehead atoms. The minimum atomic E-state index is -0.729. The van der Waals surface area contributed by atoms with Crippen LogP contribution in [-0.2, 0) is 16.0 Å². The van der Waals surface area contributed by atoms with Gasteiger partial charge in [-0.05, 0) is 37.6 Å². The van der Waals surface area contributed by atoms with E-state index in [1.807, 2.05) is 13.1 Å². The number of carboxylic acids is 1. The van der Waals surface area contributed by atoms with Crippen LogP contribution >= 0.6 is 0 Å². The first-order valence-corrected chi connectivity index (χ1v) is 6.76. The van der Waals surface area contributed by atoms with Crippen LogP contribution in [0.3, 0.4) is 0 Å². The Morgan fingerprint density at radius 3 is 3.05 bits per heavy atom. The van der Waals surface area contributed by atoms with Gasteiger partial charge in [0, 0.05) is 13.0 Å². The van der Waals surface area contributed by atoms with E-state index in [0.29, 0.717) is 6.42 Å². The van der Waals surface area contributed by atoms with E-state index in [0.717, 1.165) is 26.1 Å². The smallest absolute Gasteiger partial charge is 0.303 e. The van der Waals surface area contributed by atoms with E-state index in [4.69, 9.17) is 9.84 Å². The molecule has 1 aromatic rings. The second-order valence-electron chi connectivity index (χ2n) is 5.07. The molecule has 1 N–H and O–H groups in total. The zero-order valence-electron chi connectivity index (χ0n) is 11.3. The number of aliphatic carboxylic acids is 1. The Hall–Kier alpha value is -1.39. The fraction of sp³-hybridized carbons (Fsp3) is 0.533. The molecular weight excluding hydrogens is 242 g/mol. The van der Waals surface area contributed by atoms with Crippen molar-refractivity contribution in [2.24, 2.45) is 0 Å². The maximum absolute atomic E-state index is 10.5. The Morgan fingerprint density at radius 2 is 2.26 bits per heavy atom. The lowest BCUT2D eigenvalue weighted by Gasteiger charge is -2.29. The third-order valence-corrected chi connectivity index (χ3v) is 3.50. The lowest BCUT2D eigenvalue weighted by atomic mass is 9.97. The third-order valence-electron chi connectivity index (χ3n) is 3.50. The number of carboxylic acid groups (broad SMARTS) is 1. The van der Waals surface area contributed by atoms with Crippen LogP contribution in [0.4, 0.5) is 0 Å². The first kappa shape index (κ1) is 14.0. The lowest BCUT2D eigenvalue weighted by Crippen LogP contribution is -2.30. The van der Waals surface area contributed by atoms with Gasteiger partial charge in [0.05, 0.1) is 12.7 Å². The first-order chi connectivity index (χ1) is 9.16. The number of likely N-dealkylation sites (N-methyl/N-ethyl adjacent to an activating group) is 1. The largest absolute Gasteiger partial charge is 0.481 e. The van der Waals surface area contributed by atoms with Gasteiger partial charge in [0.1, 0.15) is 0 Å². The number of benzene rings is 1. The minimum absolute atomic E-state index is 0.111. The predicted molar refractivity (Wildman–Crippen MR) is 73.2 cm³/mol. The van der Waals surface area contributed by atoms with Crippen molar-refractivity contribution in [1.29, 1.82) is 0 Å². The zero-order chi connectivity index (χ0) is 13.7. The Labute approximate surface area is 114 Å². The Morgan fingerprint density at radius 1 is 1.47 bits per heavy atom. The van der Waals surface area contributed by atoms with E-state index in [-0.39, 0.29) is 12.5 Å². The van der Waals surface area contributed by atoms with Gasteiger partial charge in [-0.3, -0.25) is 4.79 Å². The van der Waals surface area contributed by atoms with Crippen molar-refractivity contribution in [2.75, 3.05) is 26.7 Å². The van der Waals surface area contributed by atoms with Crippen molar-refractivity contribution >= 4 is 5.97 Å². The number of hydrogen-bond donors (Lipinski definition) is 1. The topological polar surface area (TPSA) is 49.8 Å². The number of carbonyl (C=O) groups is 1. The monoisotopic (exact) mass is 263 g/mol.